The highest BCUT2D eigenvalue weighted by molar-refractivity contribution is 7.80. The molecule has 0 aliphatic carbocycles. The average Bonchev–Trinajstić information content (AvgIpc) is 2.09. The monoisotopic (exact) mass is 179 g/mol. The van der Waals surface area contributed by atoms with E-state index in [4.69, 9.17) is 10.00 Å². The number of thiol groups is 1. The maximum absolute atomic E-state index is 8.71. The summed E-state index contributed by atoms with van der Waals surface area (Å²) in [6, 6.07) is 5.57. The van der Waals surface area contributed by atoms with Crippen LogP contribution >= 0.6 is 12.6 Å². The molecule has 0 fully saturated rings. The van der Waals surface area contributed by atoms with E-state index < -0.39 is 0 Å². The molecule has 0 N–H and O–H groups in total. The van der Waals surface area contributed by atoms with E-state index in [0.717, 1.165) is 10.5 Å². The molecule has 62 valence electrons. The van der Waals surface area contributed by atoms with Crippen LogP contribution < -0.4 is 4.74 Å². The minimum Gasteiger partial charge on any atom is -0.495 e. The zero-order valence-corrected chi connectivity index (χ0v) is 7.85. The molecular weight excluding hydrogens is 170 g/mol. The van der Waals surface area contributed by atoms with Crippen LogP contribution in [-0.2, 0) is 0 Å². The van der Waals surface area contributed by atoms with E-state index >= 15 is 0 Å². The third-order valence-electron chi connectivity index (χ3n) is 1.64. The first-order valence-corrected chi connectivity index (χ1v) is 3.91. The van der Waals surface area contributed by atoms with Crippen LogP contribution in [0.4, 0.5) is 0 Å². The number of rotatable bonds is 1. The van der Waals surface area contributed by atoms with E-state index in [1.807, 2.05) is 6.92 Å². The molecule has 0 aliphatic rings. The van der Waals surface area contributed by atoms with Gasteiger partial charge in [0.05, 0.1) is 12.7 Å². The number of nitriles is 1. The van der Waals surface area contributed by atoms with Gasteiger partial charge in [-0.1, -0.05) is 0 Å². The molecule has 1 rings (SSSR count). The molecular formula is C9H9NOS. The minimum absolute atomic E-state index is 0.549. The van der Waals surface area contributed by atoms with Crippen molar-refractivity contribution in [2.24, 2.45) is 0 Å². The number of nitrogens with zero attached hydrogens (tertiary/aromatic N) is 1. The van der Waals surface area contributed by atoms with Crippen molar-refractivity contribution >= 4 is 12.6 Å². The second-order valence-corrected chi connectivity index (χ2v) is 2.93. The summed E-state index contributed by atoms with van der Waals surface area (Å²) in [6.07, 6.45) is 0. The third-order valence-corrected chi connectivity index (χ3v) is 2.12. The Labute approximate surface area is 77.2 Å². The summed E-state index contributed by atoms with van der Waals surface area (Å²) in [7, 11) is 1.54. The second-order valence-electron chi connectivity index (χ2n) is 2.45. The van der Waals surface area contributed by atoms with Gasteiger partial charge in [0.15, 0.2) is 0 Å². The summed E-state index contributed by atoms with van der Waals surface area (Å²) in [4.78, 5) is 0.839. The molecule has 3 heteroatoms. The number of aryl methyl sites for hydroxylation is 1. The van der Waals surface area contributed by atoms with Gasteiger partial charge in [-0.05, 0) is 24.6 Å². The normalized spacial score (nSPS) is 9.17. The van der Waals surface area contributed by atoms with Crippen LogP contribution in [0.25, 0.3) is 0 Å². The van der Waals surface area contributed by atoms with Crippen LogP contribution in [0.5, 0.6) is 5.75 Å². The summed E-state index contributed by atoms with van der Waals surface area (Å²) < 4.78 is 5.00. The third kappa shape index (κ3) is 1.54. The smallest absolute Gasteiger partial charge is 0.137 e. The standard InChI is InChI=1S/C9H9NOS/c1-6-3-7(5-10)8(11-2)4-9(6)12/h3-4,12H,1-2H3. The SMILES string of the molecule is COc1cc(S)c(C)cc1C#N. The van der Waals surface area contributed by atoms with Gasteiger partial charge in [0.1, 0.15) is 11.8 Å². The molecule has 12 heavy (non-hydrogen) atoms. The Morgan fingerprint density at radius 3 is 2.67 bits per heavy atom. The fraction of sp³-hybridized carbons (Fsp3) is 0.222. The van der Waals surface area contributed by atoms with Crippen LogP contribution in [0.2, 0.25) is 0 Å². The first-order chi connectivity index (χ1) is 5.69. The molecule has 0 radical (unpaired) electrons. The molecule has 0 saturated heterocycles. The predicted octanol–water partition coefficient (Wildman–Crippen LogP) is 2.16. The van der Waals surface area contributed by atoms with E-state index in [-0.39, 0.29) is 0 Å². The highest BCUT2D eigenvalue weighted by Gasteiger charge is 2.04. The average molecular weight is 179 g/mol. The summed E-state index contributed by atoms with van der Waals surface area (Å²) in [5.41, 5.74) is 1.53. The molecule has 0 heterocycles. The second kappa shape index (κ2) is 3.51. The molecule has 1 aromatic carbocycles. The van der Waals surface area contributed by atoms with Gasteiger partial charge in [-0.3, -0.25) is 0 Å². The summed E-state index contributed by atoms with van der Waals surface area (Å²) >= 11 is 4.22. The van der Waals surface area contributed by atoms with Crippen molar-refractivity contribution in [3.8, 4) is 11.8 Å². The Kier molecular flexibility index (Phi) is 2.61. The maximum atomic E-state index is 8.71. The zero-order chi connectivity index (χ0) is 9.14. The van der Waals surface area contributed by atoms with Crippen LogP contribution in [0, 0.1) is 18.3 Å². The molecule has 0 spiro atoms. The van der Waals surface area contributed by atoms with Gasteiger partial charge < -0.3 is 4.74 Å². The molecule has 0 aromatic heterocycles. The van der Waals surface area contributed by atoms with Gasteiger partial charge in [-0.15, -0.1) is 12.6 Å². The lowest BCUT2D eigenvalue weighted by Gasteiger charge is -2.05. The molecule has 0 bridgehead atoms. The lowest BCUT2D eigenvalue weighted by molar-refractivity contribution is 0.412. The molecule has 0 atom stereocenters. The predicted molar refractivity (Wildman–Crippen MR) is 49.7 cm³/mol. The summed E-state index contributed by atoms with van der Waals surface area (Å²) in [6.45, 7) is 1.91. The van der Waals surface area contributed by atoms with E-state index in [9.17, 15) is 0 Å². The lowest BCUT2D eigenvalue weighted by Crippen LogP contribution is -1.89. The van der Waals surface area contributed by atoms with Gasteiger partial charge in [-0.25, -0.2) is 0 Å². The van der Waals surface area contributed by atoms with Gasteiger partial charge >= 0.3 is 0 Å². The van der Waals surface area contributed by atoms with Crippen molar-refractivity contribution < 1.29 is 4.74 Å². The van der Waals surface area contributed by atoms with Gasteiger partial charge in [0.2, 0.25) is 0 Å². The number of ether oxygens (including phenoxy) is 1. The number of methoxy groups -OCH3 is 1. The topological polar surface area (TPSA) is 33.0 Å². The van der Waals surface area contributed by atoms with Gasteiger partial charge in [-0.2, -0.15) is 5.26 Å². The largest absolute Gasteiger partial charge is 0.495 e. The van der Waals surface area contributed by atoms with Crippen molar-refractivity contribution in [2.75, 3.05) is 7.11 Å². The Morgan fingerprint density at radius 1 is 1.50 bits per heavy atom. The number of hydrogen-bond donors (Lipinski definition) is 1. The van der Waals surface area contributed by atoms with E-state index in [0.29, 0.717) is 11.3 Å². The fourth-order valence-corrected chi connectivity index (χ4v) is 1.12. The van der Waals surface area contributed by atoms with Crippen molar-refractivity contribution in [1.29, 1.82) is 5.26 Å². The molecule has 0 amide bonds. The first kappa shape index (κ1) is 8.95. The van der Waals surface area contributed by atoms with E-state index in [1.54, 1.807) is 19.2 Å². The highest BCUT2D eigenvalue weighted by Crippen LogP contribution is 2.24. The summed E-state index contributed by atoms with van der Waals surface area (Å²) in [5.74, 6) is 0.577. The van der Waals surface area contributed by atoms with Crippen molar-refractivity contribution in [2.45, 2.75) is 11.8 Å². The molecule has 2 nitrogen and oxygen atoms in total. The fourth-order valence-electron chi connectivity index (χ4n) is 0.934. The maximum Gasteiger partial charge on any atom is 0.137 e. The Morgan fingerprint density at radius 2 is 2.17 bits per heavy atom. The number of benzene rings is 1. The Bertz CT molecular complexity index is 341. The summed E-state index contributed by atoms with van der Waals surface area (Å²) in [5, 5.41) is 8.71. The molecule has 0 unspecified atom stereocenters. The quantitative estimate of drug-likeness (QED) is 0.670. The van der Waals surface area contributed by atoms with Crippen molar-refractivity contribution in [1.82, 2.24) is 0 Å². The van der Waals surface area contributed by atoms with Gasteiger partial charge in [0.25, 0.3) is 0 Å². The van der Waals surface area contributed by atoms with Crippen LogP contribution in [0.15, 0.2) is 17.0 Å². The minimum atomic E-state index is 0.549. The molecule has 0 saturated carbocycles. The van der Waals surface area contributed by atoms with Crippen molar-refractivity contribution in [3.63, 3.8) is 0 Å². The Hall–Kier alpha value is -1.14. The van der Waals surface area contributed by atoms with Crippen LogP contribution in [0.3, 0.4) is 0 Å². The lowest BCUT2D eigenvalue weighted by atomic mass is 10.1. The first-order valence-electron chi connectivity index (χ1n) is 3.46. The zero-order valence-electron chi connectivity index (χ0n) is 6.96. The van der Waals surface area contributed by atoms with E-state index in [1.165, 1.54) is 0 Å². The Balaban J connectivity index is 3.31. The number of hydrogen-bond acceptors (Lipinski definition) is 3. The highest BCUT2D eigenvalue weighted by atomic mass is 32.1. The molecule has 0 aliphatic heterocycles. The van der Waals surface area contributed by atoms with Gasteiger partial charge in [0, 0.05) is 4.90 Å². The molecule has 1 aromatic rings. The van der Waals surface area contributed by atoms with Crippen LogP contribution in [0.1, 0.15) is 11.1 Å². The van der Waals surface area contributed by atoms with Crippen molar-refractivity contribution in [3.05, 3.63) is 23.3 Å². The van der Waals surface area contributed by atoms with E-state index in [2.05, 4.69) is 18.7 Å². The van der Waals surface area contributed by atoms with Crippen LogP contribution in [-0.4, -0.2) is 7.11 Å².